The molecule has 0 saturated carbocycles. The topological polar surface area (TPSA) is 63.2 Å². The van der Waals surface area contributed by atoms with Gasteiger partial charge in [0.2, 0.25) is 5.91 Å². The number of likely N-dealkylation sites (tertiary alicyclic amines) is 1. The lowest BCUT2D eigenvalue weighted by Gasteiger charge is -2.37. The van der Waals surface area contributed by atoms with Gasteiger partial charge in [0.05, 0.1) is 12.1 Å². The van der Waals surface area contributed by atoms with Crippen LogP contribution in [0.25, 0.3) is 0 Å². The zero-order valence-corrected chi connectivity index (χ0v) is 17.9. The van der Waals surface area contributed by atoms with Crippen molar-refractivity contribution in [3.8, 4) is 0 Å². The molecule has 160 valence electrons. The fraction of sp³-hybridized carbons (Fsp3) is 0.545. The Kier molecular flexibility index (Phi) is 5.56. The van der Waals surface area contributed by atoms with Crippen molar-refractivity contribution < 1.29 is 4.79 Å². The Morgan fingerprint density at radius 2 is 1.87 bits per heavy atom. The minimum Gasteiger partial charge on any atom is -0.343 e. The highest BCUT2D eigenvalue weighted by Crippen LogP contribution is 2.34. The first-order valence-corrected chi connectivity index (χ1v) is 11.4. The molecule has 2 saturated heterocycles. The largest absolute Gasteiger partial charge is 0.343 e. The number of carbonyl (C=O) groups excluding carboxylic acids is 1. The highest BCUT2D eigenvalue weighted by atomic mass is 35.5. The van der Waals surface area contributed by atoms with E-state index in [1.54, 1.807) is 0 Å². The Balaban J connectivity index is 1.19. The number of fused-ring (bicyclic) bond motifs is 3. The molecule has 4 aliphatic rings. The minimum absolute atomic E-state index is 0.0862. The molecule has 0 bridgehead atoms. The van der Waals surface area contributed by atoms with Crippen molar-refractivity contribution in [1.29, 1.82) is 0 Å². The standard InChI is InChI=1S/C22H29ClN6O/c23-17-7-5-16(6-8-17)18-15-19-22-25-24-20(28(22)13-14-29(19)26-18)9-10-21(30)27-11-3-1-2-4-12-27/h5-8,13-14,18-19,22,25-26H,1-4,9-12,15H2. The average Bonchev–Trinajstić information content (AvgIpc) is 3.27. The zero-order chi connectivity index (χ0) is 20.5. The van der Waals surface area contributed by atoms with E-state index in [9.17, 15) is 4.79 Å². The second kappa shape index (κ2) is 8.47. The summed E-state index contributed by atoms with van der Waals surface area (Å²) in [7, 11) is 0. The maximum Gasteiger partial charge on any atom is 0.223 e. The van der Waals surface area contributed by atoms with Crippen LogP contribution in [0.1, 0.15) is 56.6 Å². The second-order valence-electron chi connectivity index (χ2n) is 8.55. The van der Waals surface area contributed by atoms with E-state index in [1.807, 2.05) is 17.0 Å². The van der Waals surface area contributed by atoms with Crippen LogP contribution in [0.15, 0.2) is 41.8 Å². The first-order chi connectivity index (χ1) is 14.7. The molecule has 30 heavy (non-hydrogen) atoms. The number of carbonyl (C=O) groups is 1. The molecule has 0 radical (unpaired) electrons. The van der Waals surface area contributed by atoms with Crippen molar-refractivity contribution in [3.63, 3.8) is 0 Å². The van der Waals surface area contributed by atoms with E-state index in [2.05, 4.69) is 50.4 Å². The number of amidine groups is 1. The van der Waals surface area contributed by atoms with Gasteiger partial charge in [0.1, 0.15) is 12.0 Å². The number of nitrogens with zero attached hydrogens (tertiary/aromatic N) is 4. The number of hydrazone groups is 1. The summed E-state index contributed by atoms with van der Waals surface area (Å²) in [5.74, 6) is 1.21. The third-order valence-electron chi connectivity index (χ3n) is 6.61. The van der Waals surface area contributed by atoms with Crippen LogP contribution in [-0.2, 0) is 4.79 Å². The Morgan fingerprint density at radius 3 is 2.63 bits per heavy atom. The average molecular weight is 429 g/mol. The number of benzene rings is 1. The SMILES string of the molecule is O=C(CCC1=NNC2C3CC(c4ccc(Cl)cc4)NN3C=CN12)N1CCCCCC1. The summed E-state index contributed by atoms with van der Waals surface area (Å²) in [6, 6.07) is 8.55. The molecule has 1 aromatic rings. The Labute approximate surface area is 182 Å². The van der Waals surface area contributed by atoms with Crippen LogP contribution in [-0.4, -0.2) is 51.8 Å². The predicted octanol–water partition coefficient (Wildman–Crippen LogP) is 3.17. The maximum atomic E-state index is 12.7. The third-order valence-corrected chi connectivity index (χ3v) is 6.86. The summed E-state index contributed by atoms with van der Waals surface area (Å²) in [5.41, 5.74) is 8.12. The first kappa shape index (κ1) is 19.7. The molecule has 2 N–H and O–H groups in total. The Hall–Kier alpha value is -2.25. The number of rotatable bonds is 4. The number of halogens is 1. The van der Waals surface area contributed by atoms with Crippen molar-refractivity contribution in [2.24, 2.45) is 5.10 Å². The van der Waals surface area contributed by atoms with E-state index >= 15 is 0 Å². The fourth-order valence-electron chi connectivity index (χ4n) is 4.92. The number of hydrazine groups is 1. The molecule has 0 aliphatic carbocycles. The second-order valence-corrected chi connectivity index (χ2v) is 8.98. The Bertz CT molecular complexity index is 833. The molecule has 3 unspecified atom stereocenters. The number of nitrogens with one attached hydrogen (secondary N) is 2. The molecule has 4 heterocycles. The molecule has 1 aromatic carbocycles. The van der Waals surface area contributed by atoms with Crippen molar-refractivity contribution in [2.75, 3.05) is 13.1 Å². The number of hydrogen-bond acceptors (Lipinski definition) is 6. The number of hydrogen-bond donors (Lipinski definition) is 2. The van der Waals surface area contributed by atoms with Crippen molar-refractivity contribution >= 4 is 23.3 Å². The molecule has 2 fully saturated rings. The van der Waals surface area contributed by atoms with Gasteiger partial charge in [-0.3, -0.25) is 10.2 Å². The molecule has 0 aromatic heterocycles. The quantitative estimate of drug-likeness (QED) is 0.771. The summed E-state index contributed by atoms with van der Waals surface area (Å²) < 4.78 is 0. The first-order valence-electron chi connectivity index (χ1n) is 11.1. The van der Waals surface area contributed by atoms with Crippen molar-refractivity contribution in [1.82, 2.24) is 25.7 Å². The lowest BCUT2D eigenvalue weighted by molar-refractivity contribution is -0.131. The lowest BCUT2D eigenvalue weighted by atomic mass is 9.99. The molecule has 0 spiro atoms. The molecule has 8 heteroatoms. The molecule has 5 rings (SSSR count). The lowest BCUT2D eigenvalue weighted by Crippen LogP contribution is -2.54. The molecule has 7 nitrogen and oxygen atoms in total. The van der Waals surface area contributed by atoms with E-state index < -0.39 is 0 Å². The van der Waals surface area contributed by atoms with E-state index in [4.69, 9.17) is 11.6 Å². The van der Waals surface area contributed by atoms with Crippen LogP contribution in [0, 0.1) is 0 Å². The van der Waals surface area contributed by atoms with Crippen LogP contribution in [0.4, 0.5) is 0 Å². The molecular formula is C22H29ClN6O. The van der Waals surface area contributed by atoms with Crippen LogP contribution in [0.5, 0.6) is 0 Å². The van der Waals surface area contributed by atoms with Gasteiger partial charge in [0.15, 0.2) is 0 Å². The molecule has 3 atom stereocenters. The summed E-state index contributed by atoms with van der Waals surface area (Å²) in [6.07, 6.45) is 11.1. The van der Waals surface area contributed by atoms with Crippen LogP contribution >= 0.6 is 11.6 Å². The van der Waals surface area contributed by atoms with Gasteiger partial charge in [0.25, 0.3) is 0 Å². The maximum absolute atomic E-state index is 12.7. The van der Waals surface area contributed by atoms with Gasteiger partial charge in [0, 0.05) is 43.4 Å². The Morgan fingerprint density at radius 1 is 1.10 bits per heavy atom. The minimum atomic E-state index is 0.0862. The van der Waals surface area contributed by atoms with E-state index in [-0.39, 0.29) is 24.2 Å². The normalized spacial score (nSPS) is 28.0. The van der Waals surface area contributed by atoms with Crippen molar-refractivity contribution in [3.05, 3.63) is 47.3 Å². The number of amides is 1. The van der Waals surface area contributed by atoms with Crippen molar-refractivity contribution in [2.45, 2.75) is 63.2 Å². The zero-order valence-electron chi connectivity index (χ0n) is 17.1. The predicted molar refractivity (Wildman–Crippen MR) is 117 cm³/mol. The van der Waals surface area contributed by atoms with Crippen LogP contribution in [0.2, 0.25) is 5.02 Å². The highest BCUT2D eigenvalue weighted by Gasteiger charge is 2.44. The highest BCUT2D eigenvalue weighted by molar-refractivity contribution is 6.30. The van der Waals surface area contributed by atoms with E-state index in [1.165, 1.54) is 18.4 Å². The van der Waals surface area contributed by atoms with Gasteiger partial charge in [-0.2, -0.15) is 5.10 Å². The molecule has 1 amide bonds. The molecular weight excluding hydrogens is 400 g/mol. The van der Waals surface area contributed by atoms with Gasteiger partial charge in [-0.05, 0) is 37.0 Å². The van der Waals surface area contributed by atoms with Crippen LogP contribution in [0.3, 0.4) is 0 Å². The van der Waals surface area contributed by atoms with Gasteiger partial charge in [-0.1, -0.05) is 36.6 Å². The third kappa shape index (κ3) is 3.88. The molecule has 4 aliphatic heterocycles. The van der Waals surface area contributed by atoms with Gasteiger partial charge in [-0.15, -0.1) is 0 Å². The van der Waals surface area contributed by atoms with Gasteiger partial charge >= 0.3 is 0 Å². The van der Waals surface area contributed by atoms with Gasteiger partial charge in [-0.25, -0.2) is 5.43 Å². The summed E-state index contributed by atoms with van der Waals surface area (Å²) in [6.45, 7) is 1.81. The van der Waals surface area contributed by atoms with E-state index in [0.717, 1.165) is 43.2 Å². The smallest absolute Gasteiger partial charge is 0.223 e. The van der Waals surface area contributed by atoms with E-state index in [0.29, 0.717) is 12.8 Å². The summed E-state index contributed by atoms with van der Waals surface area (Å²) >= 11 is 6.04. The fourth-order valence-corrected chi connectivity index (χ4v) is 5.05. The monoisotopic (exact) mass is 428 g/mol. The summed E-state index contributed by atoms with van der Waals surface area (Å²) in [4.78, 5) is 16.9. The summed E-state index contributed by atoms with van der Waals surface area (Å²) in [5, 5.41) is 7.51. The van der Waals surface area contributed by atoms with Gasteiger partial charge < -0.3 is 14.8 Å². The van der Waals surface area contributed by atoms with Crippen LogP contribution < -0.4 is 10.9 Å².